The quantitative estimate of drug-likeness (QED) is 0.634. The van der Waals surface area contributed by atoms with Crippen molar-refractivity contribution in [2.24, 2.45) is 11.7 Å². The normalized spacial score (nSPS) is 19.7. The Kier molecular flexibility index (Phi) is 3.42. The summed E-state index contributed by atoms with van der Waals surface area (Å²) in [6, 6.07) is 0. The highest BCUT2D eigenvalue weighted by molar-refractivity contribution is 5.97. The Morgan fingerprint density at radius 2 is 1.92 bits per heavy atom. The number of likely N-dealkylation sites (tertiary alicyclic amines) is 1. The van der Waals surface area contributed by atoms with Crippen molar-refractivity contribution >= 4 is 11.8 Å². The molecule has 0 aromatic carbocycles. The average molecular weight is 184 g/mol. The smallest absolute Gasteiger partial charge is 0.229 e. The Morgan fingerprint density at radius 3 is 2.38 bits per heavy atom. The Bertz CT molecular complexity index is 198. The van der Waals surface area contributed by atoms with Crippen molar-refractivity contribution in [3.8, 4) is 0 Å². The molecule has 1 fully saturated rings. The summed E-state index contributed by atoms with van der Waals surface area (Å²) in [5, 5.41) is 0. The van der Waals surface area contributed by atoms with Gasteiger partial charge in [-0.2, -0.15) is 0 Å². The van der Waals surface area contributed by atoms with Crippen LogP contribution in [-0.2, 0) is 9.59 Å². The third-order valence-corrected chi connectivity index (χ3v) is 2.23. The average Bonchev–Trinajstić information content (AvgIpc) is 2.02. The molecular formula is C9H16N2O2. The topological polar surface area (TPSA) is 63.4 Å². The molecule has 0 atom stereocenters. The number of carbonyl (C=O) groups is 2. The zero-order chi connectivity index (χ0) is 9.84. The zero-order valence-corrected chi connectivity index (χ0v) is 7.95. The highest BCUT2D eigenvalue weighted by atomic mass is 16.2. The molecule has 0 radical (unpaired) electrons. The summed E-state index contributed by atoms with van der Waals surface area (Å²) in [7, 11) is 0. The third kappa shape index (κ3) is 2.52. The largest absolute Gasteiger partial charge is 0.330 e. The van der Waals surface area contributed by atoms with Gasteiger partial charge in [-0.3, -0.25) is 14.5 Å². The van der Waals surface area contributed by atoms with Crippen molar-refractivity contribution in [2.45, 2.75) is 26.2 Å². The van der Waals surface area contributed by atoms with Crippen molar-refractivity contribution in [3.63, 3.8) is 0 Å². The molecule has 0 saturated carbocycles. The van der Waals surface area contributed by atoms with Crippen LogP contribution in [0.25, 0.3) is 0 Å². The summed E-state index contributed by atoms with van der Waals surface area (Å²) in [6.07, 6.45) is 1.69. The summed E-state index contributed by atoms with van der Waals surface area (Å²) in [5.74, 6) is 0.114. The Balaban J connectivity index is 2.52. The Labute approximate surface area is 78.1 Å². The molecule has 4 heteroatoms. The lowest BCUT2D eigenvalue weighted by Gasteiger charge is -2.28. The molecule has 1 aliphatic rings. The fourth-order valence-electron chi connectivity index (χ4n) is 1.53. The lowest BCUT2D eigenvalue weighted by molar-refractivity contribution is -0.149. The van der Waals surface area contributed by atoms with E-state index < -0.39 is 0 Å². The van der Waals surface area contributed by atoms with Gasteiger partial charge in [0.25, 0.3) is 0 Å². The molecule has 0 aromatic rings. The number of nitrogens with zero attached hydrogens (tertiary/aromatic N) is 1. The van der Waals surface area contributed by atoms with Crippen LogP contribution in [0, 0.1) is 5.92 Å². The molecule has 1 heterocycles. The van der Waals surface area contributed by atoms with Crippen molar-refractivity contribution in [1.82, 2.24) is 4.90 Å². The minimum absolute atomic E-state index is 0.0443. The van der Waals surface area contributed by atoms with Gasteiger partial charge in [0, 0.05) is 19.4 Å². The first-order chi connectivity index (χ1) is 6.15. The molecule has 0 unspecified atom stereocenters. The van der Waals surface area contributed by atoms with Gasteiger partial charge >= 0.3 is 0 Å². The van der Waals surface area contributed by atoms with Crippen LogP contribution in [-0.4, -0.2) is 29.8 Å². The predicted octanol–water partition coefficient (Wildman–Crippen LogP) is 0.120. The van der Waals surface area contributed by atoms with E-state index in [9.17, 15) is 9.59 Å². The highest BCUT2D eigenvalue weighted by Crippen LogP contribution is 2.18. The molecule has 74 valence electrons. The van der Waals surface area contributed by atoms with Gasteiger partial charge in [-0.1, -0.05) is 6.92 Å². The summed E-state index contributed by atoms with van der Waals surface area (Å²) in [4.78, 5) is 24.1. The van der Waals surface area contributed by atoms with E-state index in [1.54, 1.807) is 0 Å². The molecule has 1 rings (SSSR count). The van der Waals surface area contributed by atoms with Crippen LogP contribution in [0.3, 0.4) is 0 Å². The summed E-state index contributed by atoms with van der Waals surface area (Å²) >= 11 is 0. The number of hydrogen-bond donors (Lipinski definition) is 1. The maximum atomic E-state index is 11.4. The maximum Gasteiger partial charge on any atom is 0.229 e. The van der Waals surface area contributed by atoms with Crippen molar-refractivity contribution in [1.29, 1.82) is 0 Å². The fourth-order valence-corrected chi connectivity index (χ4v) is 1.53. The molecule has 2 amide bonds. The second kappa shape index (κ2) is 4.37. The SMILES string of the molecule is CC1CC(=O)N(CCCN)C(=O)C1. The molecule has 0 bridgehead atoms. The molecular weight excluding hydrogens is 168 g/mol. The highest BCUT2D eigenvalue weighted by Gasteiger charge is 2.29. The van der Waals surface area contributed by atoms with E-state index in [4.69, 9.17) is 5.73 Å². The Hall–Kier alpha value is -0.900. The molecule has 0 spiro atoms. The van der Waals surface area contributed by atoms with Crippen LogP contribution in [0.15, 0.2) is 0 Å². The third-order valence-electron chi connectivity index (χ3n) is 2.23. The number of hydrogen-bond acceptors (Lipinski definition) is 3. The minimum Gasteiger partial charge on any atom is -0.330 e. The van der Waals surface area contributed by atoms with E-state index in [1.807, 2.05) is 6.92 Å². The van der Waals surface area contributed by atoms with E-state index in [0.717, 1.165) is 0 Å². The number of carbonyl (C=O) groups excluding carboxylic acids is 2. The molecule has 1 saturated heterocycles. The Morgan fingerprint density at radius 1 is 1.38 bits per heavy atom. The maximum absolute atomic E-state index is 11.4. The van der Waals surface area contributed by atoms with Gasteiger partial charge in [0.05, 0.1) is 0 Å². The van der Waals surface area contributed by atoms with Gasteiger partial charge in [0.2, 0.25) is 11.8 Å². The standard InChI is InChI=1S/C9H16N2O2/c1-7-5-8(12)11(4-2-3-10)9(13)6-7/h7H,2-6,10H2,1H3. The molecule has 0 aliphatic carbocycles. The second-order valence-corrected chi connectivity index (χ2v) is 3.59. The molecule has 13 heavy (non-hydrogen) atoms. The van der Waals surface area contributed by atoms with E-state index in [2.05, 4.69) is 0 Å². The number of rotatable bonds is 3. The van der Waals surface area contributed by atoms with E-state index in [0.29, 0.717) is 32.4 Å². The molecule has 0 aromatic heterocycles. The number of amides is 2. The van der Waals surface area contributed by atoms with Gasteiger partial charge in [0.1, 0.15) is 0 Å². The molecule has 2 N–H and O–H groups in total. The van der Waals surface area contributed by atoms with E-state index >= 15 is 0 Å². The predicted molar refractivity (Wildman–Crippen MR) is 48.8 cm³/mol. The van der Waals surface area contributed by atoms with Crippen LogP contribution in [0.4, 0.5) is 0 Å². The van der Waals surface area contributed by atoms with Gasteiger partial charge in [-0.05, 0) is 18.9 Å². The van der Waals surface area contributed by atoms with Crippen LogP contribution in [0.5, 0.6) is 0 Å². The second-order valence-electron chi connectivity index (χ2n) is 3.59. The van der Waals surface area contributed by atoms with Crippen molar-refractivity contribution in [2.75, 3.05) is 13.1 Å². The van der Waals surface area contributed by atoms with Crippen LogP contribution in [0.2, 0.25) is 0 Å². The lowest BCUT2D eigenvalue weighted by Crippen LogP contribution is -2.43. The van der Waals surface area contributed by atoms with Gasteiger partial charge < -0.3 is 5.73 Å². The molecule has 4 nitrogen and oxygen atoms in total. The van der Waals surface area contributed by atoms with E-state index in [1.165, 1.54) is 4.90 Å². The van der Waals surface area contributed by atoms with Gasteiger partial charge in [-0.15, -0.1) is 0 Å². The van der Waals surface area contributed by atoms with Crippen LogP contribution < -0.4 is 5.73 Å². The molecule has 1 aliphatic heterocycles. The summed E-state index contributed by atoms with van der Waals surface area (Å²) in [5.41, 5.74) is 5.31. The zero-order valence-electron chi connectivity index (χ0n) is 7.95. The minimum atomic E-state index is -0.0443. The van der Waals surface area contributed by atoms with E-state index in [-0.39, 0.29) is 17.7 Å². The fraction of sp³-hybridized carbons (Fsp3) is 0.778. The summed E-state index contributed by atoms with van der Waals surface area (Å²) < 4.78 is 0. The van der Waals surface area contributed by atoms with Crippen molar-refractivity contribution in [3.05, 3.63) is 0 Å². The van der Waals surface area contributed by atoms with Crippen molar-refractivity contribution < 1.29 is 9.59 Å². The summed E-state index contributed by atoms with van der Waals surface area (Å²) in [6.45, 7) is 2.93. The monoisotopic (exact) mass is 184 g/mol. The van der Waals surface area contributed by atoms with Crippen LogP contribution >= 0.6 is 0 Å². The number of nitrogens with two attached hydrogens (primary N) is 1. The van der Waals surface area contributed by atoms with Gasteiger partial charge in [-0.25, -0.2) is 0 Å². The lowest BCUT2D eigenvalue weighted by atomic mass is 9.98. The first-order valence-electron chi connectivity index (χ1n) is 4.68. The number of imide groups is 1. The number of piperidine rings is 1. The first kappa shape index (κ1) is 10.2. The van der Waals surface area contributed by atoms with Crippen LogP contribution in [0.1, 0.15) is 26.2 Å². The first-order valence-corrected chi connectivity index (χ1v) is 4.68. The van der Waals surface area contributed by atoms with Gasteiger partial charge in [0.15, 0.2) is 0 Å².